The van der Waals surface area contributed by atoms with E-state index in [0.717, 1.165) is 16.9 Å². The Morgan fingerprint density at radius 1 is 1.24 bits per heavy atom. The number of hydrogen-bond donors (Lipinski definition) is 2. The Balaban J connectivity index is 2.18. The lowest BCUT2D eigenvalue weighted by Gasteiger charge is -2.14. The van der Waals surface area contributed by atoms with Crippen molar-refractivity contribution in [3.05, 3.63) is 51.8 Å². The first-order valence-corrected chi connectivity index (χ1v) is 9.02. The minimum absolute atomic E-state index is 0.0775. The zero-order chi connectivity index (χ0) is 15.5. The summed E-state index contributed by atoms with van der Waals surface area (Å²) in [6.07, 6.45) is 0.0853. The molecule has 0 bridgehead atoms. The molecule has 2 rings (SSSR count). The molecule has 2 N–H and O–H groups in total. The van der Waals surface area contributed by atoms with E-state index in [-0.39, 0.29) is 10.6 Å². The highest BCUT2D eigenvalue weighted by molar-refractivity contribution is 9.11. The summed E-state index contributed by atoms with van der Waals surface area (Å²) >= 11 is 4.21. The van der Waals surface area contributed by atoms with Crippen molar-refractivity contribution in [3.63, 3.8) is 0 Å². The Morgan fingerprint density at radius 3 is 2.43 bits per heavy atom. The molecule has 0 amide bonds. The minimum atomic E-state index is -3.85. The number of aliphatic carboxylic acids is 1. The maximum atomic E-state index is 12.2. The van der Waals surface area contributed by atoms with Gasteiger partial charge in [0.05, 0.1) is 3.79 Å². The van der Waals surface area contributed by atoms with E-state index in [1.54, 1.807) is 30.3 Å². The number of halogens is 1. The fraction of sp³-hybridized carbons (Fsp3) is 0.154. The largest absolute Gasteiger partial charge is 0.480 e. The van der Waals surface area contributed by atoms with Crippen LogP contribution in [0.5, 0.6) is 0 Å². The molecular weight excluding hydrogens is 378 g/mol. The molecule has 0 radical (unpaired) electrons. The van der Waals surface area contributed by atoms with Crippen LogP contribution in [0.4, 0.5) is 0 Å². The van der Waals surface area contributed by atoms with Crippen molar-refractivity contribution in [2.75, 3.05) is 0 Å². The SMILES string of the molecule is O=C(O)[C@@H](Cc1ccccc1)NS(=O)(=O)c1ccc(Br)s1. The van der Waals surface area contributed by atoms with Crippen molar-refractivity contribution in [1.82, 2.24) is 4.72 Å². The van der Waals surface area contributed by atoms with Crippen molar-refractivity contribution in [1.29, 1.82) is 0 Å². The molecule has 8 heteroatoms. The van der Waals surface area contributed by atoms with Crippen molar-refractivity contribution < 1.29 is 18.3 Å². The van der Waals surface area contributed by atoms with Crippen LogP contribution in [0.1, 0.15) is 5.56 Å². The van der Waals surface area contributed by atoms with Crippen LogP contribution in [-0.2, 0) is 21.2 Å². The molecule has 0 aliphatic carbocycles. The van der Waals surface area contributed by atoms with Gasteiger partial charge in [0, 0.05) is 0 Å². The average Bonchev–Trinajstić information content (AvgIpc) is 2.86. The highest BCUT2D eigenvalue weighted by Crippen LogP contribution is 2.26. The number of carboxylic acids is 1. The molecule has 112 valence electrons. The quantitative estimate of drug-likeness (QED) is 0.794. The van der Waals surface area contributed by atoms with Gasteiger partial charge in [0.25, 0.3) is 10.0 Å². The lowest BCUT2D eigenvalue weighted by atomic mass is 10.1. The van der Waals surface area contributed by atoms with Crippen molar-refractivity contribution in [2.24, 2.45) is 0 Å². The van der Waals surface area contributed by atoms with Gasteiger partial charge in [-0.15, -0.1) is 11.3 Å². The summed E-state index contributed by atoms with van der Waals surface area (Å²) in [7, 11) is -3.85. The first-order valence-electron chi connectivity index (χ1n) is 5.93. The number of thiophene rings is 1. The van der Waals surface area contributed by atoms with E-state index in [1.165, 1.54) is 6.07 Å². The normalized spacial score (nSPS) is 13.0. The van der Waals surface area contributed by atoms with Gasteiger partial charge < -0.3 is 5.11 Å². The molecule has 1 aromatic carbocycles. The van der Waals surface area contributed by atoms with Crippen LogP contribution in [0.25, 0.3) is 0 Å². The smallest absolute Gasteiger partial charge is 0.322 e. The zero-order valence-electron chi connectivity index (χ0n) is 10.7. The molecule has 0 aliphatic rings. The Labute approximate surface area is 134 Å². The van der Waals surface area contributed by atoms with Crippen LogP contribution in [0.15, 0.2) is 50.5 Å². The third kappa shape index (κ3) is 4.37. The van der Waals surface area contributed by atoms with Crippen molar-refractivity contribution in [2.45, 2.75) is 16.7 Å². The third-order valence-electron chi connectivity index (χ3n) is 2.69. The second-order valence-electron chi connectivity index (χ2n) is 4.26. The molecule has 0 saturated carbocycles. The molecule has 5 nitrogen and oxygen atoms in total. The van der Waals surface area contributed by atoms with Gasteiger partial charge >= 0.3 is 5.97 Å². The number of carbonyl (C=O) groups is 1. The van der Waals surface area contributed by atoms with E-state index in [9.17, 15) is 18.3 Å². The maximum Gasteiger partial charge on any atom is 0.322 e. The summed E-state index contributed by atoms with van der Waals surface area (Å²) in [5, 5.41) is 9.22. The summed E-state index contributed by atoms with van der Waals surface area (Å²) in [6.45, 7) is 0. The van der Waals surface area contributed by atoms with E-state index in [1.807, 2.05) is 6.07 Å². The molecule has 0 saturated heterocycles. The average molecular weight is 390 g/mol. The molecule has 2 aromatic rings. The number of nitrogens with one attached hydrogen (secondary N) is 1. The Kier molecular flexibility index (Phi) is 5.15. The molecule has 0 unspecified atom stereocenters. The van der Waals surface area contributed by atoms with E-state index in [0.29, 0.717) is 3.79 Å². The Morgan fingerprint density at radius 2 is 1.90 bits per heavy atom. The Bertz CT molecular complexity index is 728. The van der Waals surface area contributed by atoms with Crippen molar-refractivity contribution in [3.8, 4) is 0 Å². The van der Waals surface area contributed by atoms with E-state index < -0.39 is 22.0 Å². The summed E-state index contributed by atoms with van der Waals surface area (Å²) in [5.74, 6) is -1.21. The highest BCUT2D eigenvalue weighted by Gasteiger charge is 2.26. The number of benzene rings is 1. The standard InChI is InChI=1S/C13H12BrNO4S2/c14-11-6-7-12(20-11)21(18,19)15-10(13(16)17)8-9-4-2-1-3-5-9/h1-7,10,15H,8H2,(H,16,17)/t10-/m1/s1. The van der Waals surface area contributed by atoms with Gasteiger partial charge in [-0.05, 0) is 40.0 Å². The lowest BCUT2D eigenvalue weighted by Crippen LogP contribution is -2.42. The van der Waals surface area contributed by atoms with Crippen LogP contribution < -0.4 is 4.72 Å². The molecular formula is C13H12BrNO4S2. The van der Waals surface area contributed by atoms with E-state index in [2.05, 4.69) is 20.7 Å². The topological polar surface area (TPSA) is 83.5 Å². The monoisotopic (exact) mass is 389 g/mol. The molecule has 0 aliphatic heterocycles. The molecule has 21 heavy (non-hydrogen) atoms. The van der Waals surface area contributed by atoms with Gasteiger partial charge in [0.15, 0.2) is 0 Å². The van der Waals surface area contributed by atoms with Crippen LogP contribution in [-0.4, -0.2) is 25.5 Å². The summed E-state index contributed by atoms with van der Waals surface area (Å²) < 4.78 is 27.3. The van der Waals surface area contributed by atoms with Gasteiger partial charge in [0.1, 0.15) is 10.3 Å². The number of sulfonamides is 1. The maximum absolute atomic E-state index is 12.2. The highest BCUT2D eigenvalue weighted by atomic mass is 79.9. The van der Waals surface area contributed by atoms with Gasteiger partial charge in [-0.2, -0.15) is 4.72 Å². The van der Waals surface area contributed by atoms with E-state index in [4.69, 9.17) is 0 Å². The second-order valence-corrected chi connectivity index (χ2v) is 8.66. The molecule has 1 heterocycles. The van der Waals surface area contributed by atoms with Gasteiger partial charge in [-0.25, -0.2) is 8.42 Å². The fourth-order valence-corrected chi connectivity index (χ4v) is 4.93. The third-order valence-corrected chi connectivity index (χ3v) is 6.28. The fourth-order valence-electron chi connectivity index (χ4n) is 1.72. The molecule has 1 atom stereocenters. The number of hydrogen-bond acceptors (Lipinski definition) is 4. The zero-order valence-corrected chi connectivity index (χ0v) is 13.9. The van der Waals surface area contributed by atoms with Crippen LogP contribution >= 0.6 is 27.3 Å². The summed E-state index contributed by atoms with van der Waals surface area (Å²) in [4.78, 5) is 11.3. The van der Waals surface area contributed by atoms with E-state index >= 15 is 0 Å². The van der Waals surface area contributed by atoms with Gasteiger partial charge in [0.2, 0.25) is 0 Å². The molecule has 0 fully saturated rings. The van der Waals surface area contributed by atoms with Crippen LogP contribution in [0.3, 0.4) is 0 Å². The van der Waals surface area contributed by atoms with Crippen LogP contribution in [0, 0.1) is 0 Å². The predicted molar refractivity (Wildman–Crippen MR) is 83.9 cm³/mol. The Hall–Kier alpha value is -1.22. The lowest BCUT2D eigenvalue weighted by molar-refractivity contribution is -0.138. The summed E-state index contributed by atoms with van der Waals surface area (Å²) in [5.41, 5.74) is 0.750. The van der Waals surface area contributed by atoms with Gasteiger partial charge in [-0.1, -0.05) is 30.3 Å². The van der Waals surface area contributed by atoms with Crippen LogP contribution in [0.2, 0.25) is 0 Å². The number of carboxylic acid groups (broad SMARTS) is 1. The van der Waals surface area contributed by atoms with Gasteiger partial charge in [-0.3, -0.25) is 4.79 Å². The first kappa shape index (κ1) is 16.2. The predicted octanol–water partition coefficient (Wildman–Crippen LogP) is 2.48. The van der Waals surface area contributed by atoms with Crippen molar-refractivity contribution >= 4 is 43.3 Å². The summed E-state index contributed by atoms with van der Waals surface area (Å²) in [6, 6.07) is 10.7. The molecule has 1 aromatic heterocycles. The number of rotatable bonds is 6. The minimum Gasteiger partial charge on any atom is -0.480 e. The first-order chi connectivity index (χ1) is 9.88. The molecule has 0 spiro atoms. The second kappa shape index (κ2) is 6.69.